The number of para-hydroxylation sites is 1. The highest BCUT2D eigenvalue weighted by Gasteiger charge is 2.31. The van der Waals surface area contributed by atoms with Crippen LogP contribution in [0.3, 0.4) is 0 Å². The van der Waals surface area contributed by atoms with Gasteiger partial charge in [-0.25, -0.2) is 0 Å². The second kappa shape index (κ2) is 6.94. The molecule has 1 heterocycles. The van der Waals surface area contributed by atoms with Crippen molar-refractivity contribution in [1.82, 2.24) is 0 Å². The number of anilines is 2. The molecular formula is C22H26N2O2. The van der Waals surface area contributed by atoms with Gasteiger partial charge in [-0.2, -0.15) is 0 Å². The van der Waals surface area contributed by atoms with E-state index >= 15 is 0 Å². The van der Waals surface area contributed by atoms with Gasteiger partial charge in [0.25, 0.3) is 0 Å². The summed E-state index contributed by atoms with van der Waals surface area (Å²) < 4.78 is 0. The van der Waals surface area contributed by atoms with E-state index in [-0.39, 0.29) is 29.7 Å². The molecule has 1 aliphatic rings. The Hall–Kier alpha value is -2.62. The van der Waals surface area contributed by atoms with E-state index < -0.39 is 0 Å². The number of nitrogens with one attached hydrogen (secondary N) is 1. The number of benzene rings is 2. The Kier molecular flexibility index (Phi) is 4.86. The Morgan fingerprint density at radius 2 is 1.73 bits per heavy atom. The first-order valence-corrected chi connectivity index (χ1v) is 9.06. The normalized spacial score (nSPS) is 16.3. The topological polar surface area (TPSA) is 49.4 Å². The van der Waals surface area contributed by atoms with Gasteiger partial charge < -0.3 is 10.2 Å². The Labute approximate surface area is 155 Å². The quantitative estimate of drug-likeness (QED) is 0.840. The number of carbonyl (C=O) groups excluding carboxylic acids is 2. The fourth-order valence-electron chi connectivity index (χ4n) is 3.43. The van der Waals surface area contributed by atoms with Crippen LogP contribution in [0.1, 0.15) is 45.2 Å². The van der Waals surface area contributed by atoms with E-state index in [1.807, 2.05) is 55.5 Å². The fraction of sp³-hybridized carbons (Fsp3) is 0.364. The van der Waals surface area contributed by atoms with Gasteiger partial charge in [-0.1, -0.05) is 51.1 Å². The van der Waals surface area contributed by atoms with Crippen molar-refractivity contribution in [3.63, 3.8) is 0 Å². The van der Waals surface area contributed by atoms with Crippen LogP contribution in [-0.2, 0) is 21.4 Å². The van der Waals surface area contributed by atoms with E-state index in [2.05, 4.69) is 26.1 Å². The van der Waals surface area contributed by atoms with Crippen molar-refractivity contribution >= 4 is 23.2 Å². The minimum Gasteiger partial charge on any atom is -0.326 e. The van der Waals surface area contributed by atoms with Crippen LogP contribution in [-0.4, -0.2) is 17.9 Å². The molecule has 0 saturated carbocycles. The zero-order valence-electron chi connectivity index (χ0n) is 15.9. The second-order valence-corrected chi connectivity index (χ2v) is 8.00. The first-order valence-electron chi connectivity index (χ1n) is 9.06. The van der Waals surface area contributed by atoms with Crippen LogP contribution in [0.4, 0.5) is 11.4 Å². The Morgan fingerprint density at radius 1 is 1.08 bits per heavy atom. The summed E-state index contributed by atoms with van der Waals surface area (Å²) in [5.41, 5.74) is 4.07. The minimum absolute atomic E-state index is 0.0672. The van der Waals surface area contributed by atoms with Gasteiger partial charge in [-0.3, -0.25) is 9.59 Å². The highest BCUT2D eigenvalue weighted by molar-refractivity contribution is 6.10. The molecule has 0 fully saturated rings. The number of hydrogen-bond donors (Lipinski definition) is 1. The lowest BCUT2D eigenvalue weighted by atomic mass is 9.87. The largest absolute Gasteiger partial charge is 0.326 e. The monoisotopic (exact) mass is 350 g/mol. The van der Waals surface area contributed by atoms with E-state index in [1.54, 1.807) is 4.90 Å². The van der Waals surface area contributed by atoms with Crippen molar-refractivity contribution in [3.8, 4) is 0 Å². The molecule has 136 valence electrons. The van der Waals surface area contributed by atoms with E-state index in [4.69, 9.17) is 0 Å². The Balaban J connectivity index is 1.64. The highest BCUT2D eigenvalue weighted by atomic mass is 16.2. The van der Waals surface area contributed by atoms with Crippen molar-refractivity contribution in [3.05, 3.63) is 59.7 Å². The number of rotatable bonds is 3. The first-order chi connectivity index (χ1) is 12.3. The first kappa shape index (κ1) is 18.2. The molecular weight excluding hydrogens is 324 g/mol. The molecule has 0 radical (unpaired) electrons. The third-order valence-corrected chi connectivity index (χ3v) is 4.82. The minimum atomic E-state index is -0.282. The number of amides is 2. The van der Waals surface area contributed by atoms with Crippen LogP contribution in [0.5, 0.6) is 0 Å². The van der Waals surface area contributed by atoms with Crippen LogP contribution in [0.15, 0.2) is 48.5 Å². The lowest BCUT2D eigenvalue weighted by Gasteiger charge is -2.22. The van der Waals surface area contributed by atoms with E-state index in [1.165, 1.54) is 5.56 Å². The van der Waals surface area contributed by atoms with Crippen molar-refractivity contribution in [2.75, 3.05) is 10.2 Å². The van der Waals surface area contributed by atoms with Gasteiger partial charge in [0.05, 0.1) is 0 Å². The molecule has 0 saturated heterocycles. The van der Waals surface area contributed by atoms with Crippen LogP contribution in [0.25, 0.3) is 0 Å². The van der Waals surface area contributed by atoms with Gasteiger partial charge >= 0.3 is 0 Å². The third-order valence-electron chi connectivity index (χ3n) is 4.82. The van der Waals surface area contributed by atoms with Gasteiger partial charge in [0.2, 0.25) is 11.8 Å². The van der Waals surface area contributed by atoms with Crippen molar-refractivity contribution in [1.29, 1.82) is 0 Å². The average molecular weight is 350 g/mol. The highest BCUT2D eigenvalue weighted by Crippen LogP contribution is 2.32. The molecule has 4 nitrogen and oxygen atoms in total. The van der Waals surface area contributed by atoms with Crippen molar-refractivity contribution < 1.29 is 9.59 Å². The van der Waals surface area contributed by atoms with E-state index in [9.17, 15) is 9.59 Å². The molecule has 0 spiro atoms. The molecule has 0 bridgehead atoms. The molecule has 0 aromatic heterocycles. The molecule has 2 aromatic rings. The fourth-order valence-corrected chi connectivity index (χ4v) is 3.43. The number of carbonyl (C=O) groups is 2. The number of fused-ring (bicyclic) bond motifs is 1. The predicted octanol–water partition coefficient (Wildman–Crippen LogP) is 4.29. The van der Waals surface area contributed by atoms with Crippen LogP contribution < -0.4 is 10.2 Å². The summed E-state index contributed by atoms with van der Waals surface area (Å²) >= 11 is 0. The zero-order chi connectivity index (χ0) is 18.9. The maximum atomic E-state index is 12.7. The second-order valence-electron chi connectivity index (χ2n) is 8.00. The maximum Gasteiger partial charge on any atom is 0.236 e. The predicted molar refractivity (Wildman–Crippen MR) is 105 cm³/mol. The molecule has 1 unspecified atom stereocenters. The van der Waals surface area contributed by atoms with Gasteiger partial charge in [0, 0.05) is 17.4 Å². The third kappa shape index (κ3) is 3.79. The maximum absolute atomic E-state index is 12.7. The number of hydrogen-bond acceptors (Lipinski definition) is 2. The Bertz CT molecular complexity index is 819. The van der Waals surface area contributed by atoms with E-state index in [0.29, 0.717) is 5.69 Å². The number of nitrogens with zero attached hydrogens (tertiary/aromatic N) is 1. The van der Waals surface area contributed by atoms with E-state index in [0.717, 1.165) is 17.7 Å². The summed E-state index contributed by atoms with van der Waals surface area (Å²) in [5.74, 6) is -0.443. The molecule has 1 N–H and O–H groups in total. The lowest BCUT2D eigenvalue weighted by Crippen LogP contribution is -2.37. The molecule has 2 aromatic carbocycles. The summed E-state index contributed by atoms with van der Waals surface area (Å²) in [7, 11) is 0. The molecule has 3 rings (SSSR count). The molecule has 1 atom stereocenters. The summed E-state index contributed by atoms with van der Waals surface area (Å²) in [6, 6.07) is 15.8. The Morgan fingerprint density at radius 3 is 2.38 bits per heavy atom. The molecule has 0 aliphatic carbocycles. The lowest BCUT2D eigenvalue weighted by molar-refractivity contribution is -0.125. The summed E-state index contributed by atoms with van der Waals surface area (Å²) in [5, 5.41) is 2.83. The molecule has 1 aliphatic heterocycles. The van der Waals surface area contributed by atoms with Gasteiger partial charge in [0.15, 0.2) is 0 Å². The standard InChI is InChI=1S/C22H26N2O2/c1-15-13-16-7-5-6-8-19(16)24(15)21(26)14-20(25)23-18-11-9-17(10-12-18)22(2,3)4/h5-12,15H,13-14H2,1-4H3,(H,23,25). The van der Waals surface area contributed by atoms with Crippen molar-refractivity contribution in [2.45, 2.75) is 52.0 Å². The molecule has 2 amide bonds. The zero-order valence-corrected chi connectivity index (χ0v) is 15.9. The molecule has 4 heteroatoms. The summed E-state index contributed by atoms with van der Waals surface area (Å²) in [6.07, 6.45) is 0.678. The van der Waals surface area contributed by atoms with Crippen LogP contribution in [0.2, 0.25) is 0 Å². The van der Waals surface area contributed by atoms with Gasteiger partial charge in [-0.15, -0.1) is 0 Å². The smallest absolute Gasteiger partial charge is 0.236 e. The van der Waals surface area contributed by atoms with Gasteiger partial charge in [-0.05, 0) is 48.1 Å². The SMILES string of the molecule is CC1Cc2ccccc2N1C(=O)CC(=O)Nc1ccc(C(C)(C)C)cc1. The van der Waals surface area contributed by atoms with Gasteiger partial charge in [0.1, 0.15) is 6.42 Å². The van der Waals surface area contributed by atoms with Crippen LogP contribution in [0, 0.1) is 0 Å². The van der Waals surface area contributed by atoms with Crippen molar-refractivity contribution in [2.24, 2.45) is 0 Å². The summed E-state index contributed by atoms with van der Waals surface area (Å²) in [6.45, 7) is 8.46. The molecule has 26 heavy (non-hydrogen) atoms. The summed E-state index contributed by atoms with van der Waals surface area (Å²) in [4.78, 5) is 26.7. The average Bonchev–Trinajstić information content (AvgIpc) is 2.90. The van der Waals surface area contributed by atoms with Crippen LogP contribution >= 0.6 is 0 Å².